The molecule has 0 unspecified atom stereocenters. The summed E-state index contributed by atoms with van der Waals surface area (Å²) in [6.07, 6.45) is 4.28. The Morgan fingerprint density at radius 1 is 1.20 bits per heavy atom. The molecular formula is C9H19N+. The number of piperidine rings is 1. The summed E-state index contributed by atoms with van der Waals surface area (Å²) in [5.74, 6) is 0. The van der Waals surface area contributed by atoms with Crippen molar-refractivity contribution in [3.63, 3.8) is 0 Å². The lowest BCUT2D eigenvalue weighted by Crippen LogP contribution is -2.51. The summed E-state index contributed by atoms with van der Waals surface area (Å²) >= 11 is 0. The van der Waals surface area contributed by atoms with E-state index in [1.54, 1.807) is 0 Å². The zero-order valence-electron chi connectivity index (χ0n) is 7.10. The highest BCUT2D eigenvalue weighted by Gasteiger charge is 2.25. The number of quaternary nitrogens is 1. The van der Waals surface area contributed by atoms with Crippen LogP contribution in [0.1, 0.15) is 26.2 Å². The minimum Gasteiger partial charge on any atom is -0.324 e. The van der Waals surface area contributed by atoms with Crippen LogP contribution in [0.15, 0.2) is 0 Å². The molecule has 0 bridgehead atoms. The lowest BCUT2D eigenvalue weighted by Gasteiger charge is -2.39. The smallest absolute Gasteiger partial charge is 0.0788 e. The molecule has 1 aliphatic heterocycles. The van der Waals surface area contributed by atoms with Crippen molar-refractivity contribution in [2.75, 3.05) is 26.2 Å². The molecule has 1 saturated heterocycles. The predicted molar refractivity (Wildman–Crippen MR) is 44.6 cm³/mol. The monoisotopic (exact) mass is 141 g/mol. The number of likely N-dealkylation sites (tertiary alicyclic amines) is 1. The van der Waals surface area contributed by atoms with Gasteiger partial charge in [0.25, 0.3) is 0 Å². The van der Waals surface area contributed by atoms with Crippen LogP contribution in [0.5, 0.6) is 0 Å². The number of hydrogen-bond acceptors (Lipinski definition) is 0. The Bertz CT molecular complexity index is 86.9. The third-order valence-electron chi connectivity index (χ3n) is 2.91. The van der Waals surface area contributed by atoms with Crippen LogP contribution in [-0.4, -0.2) is 30.7 Å². The molecule has 1 fully saturated rings. The van der Waals surface area contributed by atoms with E-state index in [2.05, 4.69) is 13.8 Å². The maximum atomic E-state index is 4.02. The second-order valence-electron chi connectivity index (χ2n) is 3.39. The fraction of sp³-hybridized carbons (Fsp3) is 0.889. The topological polar surface area (TPSA) is 0 Å². The van der Waals surface area contributed by atoms with E-state index in [1.807, 2.05) is 0 Å². The molecule has 1 heterocycles. The third-order valence-corrected chi connectivity index (χ3v) is 2.91. The van der Waals surface area contributed by atoms with Gasteiger partial charge < -0.3 is 4.48 Å². The highest BCUT2D eigenvalue weighted by Crippen LogP contribution is 2.17. The molecule has 1 rings (SSSR count). The molecular weight excluding hydrogens is 122 g/mol. The Kier molecular flexibility index (Phi) is 2.72. The summed E-state index contributed by atoms with van der Waals surface area (Å²) in [5, 5.41) is 0. The second-order valence-corrected chi connectivity index (χ2v) is 3.39. The normalized spacial score (nSPS) is 24.6. The standard InChI is InChI=1S/C9H19N/c1-3-10(4-2)8-6-5-7-9-10/h1,3-9H2,2H3/q+1. The molecule has 59 valence electrons. The first-order valence-electron chi connectivity index (χ1n) is 4.47. The molecule has 1 radical (unpaired) electrons. The Labute approximate surface area is 64.6 Å². The average Bonchev–Trinajstić information content (AvgIpc) is 2.06. The van der Waals surface area contributed by atoms with Gasteiger partial charge in [-0.1, -0.05) is 0 Å². The van der Waals surface area contributed by atoms with E-state index in [1.165, 1.54) is 43.4 Å². The van der Waals surface area contributed by atoms with Crippen molar-refractivity contribution in [2.24, 2.45) is 0 Å². The van der Waals surface area contributed by atoms with Gasteiger partial charge in [-0.2, -0.15) is 0 Å². The van der Waals surface area contributed by atoms with Crippen LogP contribution >= 0.6 is 0 Å². The SMILES string of the molecule is [CH2]C[N+]1(CC)CCCCC1. The van der Waals surface area contributed by atoms with Gasteiger partial charge in [0.15, 0.2) is 0 Å². The van der Waals surface area contributed by atoms with Crippen molar-refractivity contribution < 1.29 is 4.48 Å². The van der Waals surface area contributed by atoms with Gasteiger partial charge in [-0.25, -0.2) is 0 Å². The zero-order chi connectivity index (χ0) is 7.45. The molecule has 0 N–H and O–H groups in total. The first-order valence-corrected chi connectivity index (χ1v) is 4.47. The predicted octanol–water partition coefficient (Wildman–Crippen LogP) is 1.84. The highest BCUT2D eigenvalue weighted by atomic mass is 15.3. The van der Waals surface area contributed by atoms with E-state index < -0.39 is 0 Å². The molecule has 0 aromatic heterocycles. The van der Waals surface area contributed by atoms with Crippen LogP contribution < -0.4 is 0 Å². The fourth-order valence-corrected chi connectivity index (χ4v) is 1.88. The molecule has 1 heteroatoms. The highest BCUT2D eigenvalue weighted by molar-refractivity contribution is 4.53. The van der Waals surface area contributed by atoms with Crippen molar-refractivity contribution in [2.45, 2.75) is 26.2 Å². The van der Waals surface area contributed by atoms with Gasteiger partial charge in [0.1, 0.15) is 0 Å². The van der Waals surface area contributed by atoms with Crippen LogP contribution in [0.3, 0.4) is 0 Å². The summed E-state index contributed by atoms with van der Waals surface area (Å²) in [7, 11) is 0. The summed E-state index contributed by atoms with van der Waals surface area (Å²) in [4.78, 5) is 0. The van der Waals surface area contributed by atoms with E-state index in [0.29, 0.717) is 0 Å². The van der Waals surface area contributed by atoms with E-state index in [-0.39, 0.29) is 0 Å². The second kappa shape index (κ2) is 3.38. The lowest BCUT2D eigenvalue weighted by atomic mass is 10.1. The Balaban J connectivity index is 2.44. The first-order chi connectivity index (χ1) is 4.83. The van der Waals surface area contributed by atoms with Crippen LogP contribution in [0.25, 0.3) is 0 Å². The maximum Gasteiger partial charge on any atom is 0.0788 e. The summed E-state index contributed by atoms with van der Waals surface area (Å²) in [6, 6.07) is 0. The summed E-state index contributed by atoms with van der Waals surface area (Å²) in [6.45, 7) is 11.4. The molecule has 0 atom stereocenters. The van der Waals surface area contributed by atoms with Crippen LogP contribution in [0.2, 0.25) is 0 Å². The molecule has 10 heavy (non-hydrogen) atoms. The fourth-order valence-electron chi connectivity index (χ4n) is 1.88. The Morgan fingerprint density at radius 2 is 1.80 bits per heavy atom. The van der Waals surface area contributed by atoms with Crippen molar-refractivity contribution in [3.05, 3.63) is 6.92 Å². The zero-order valence-corrected chi connectivity index (χ0v) is 7.10. The van der Waals surface area contributed by atoms with Crippen LogP contribution in [0, 0.1) is 6.92 Å². The lowest BCUT2D eigenvalue weighted by molar-refractivity contribution is -0.926. The quantitative estimate of drug-likeness (QED) is 0.515. The van der Waals surface area contributed by atoms with Crippen molar-refractivity contribution in [3.8, 4) is 0 Å². The molecule has 0 amide bonds. The Hall–Kier alpha value is -0.0400. The van der Waals surface area contributed by atoms with Gasteiger partial charge in [0.05, 0.1) is 26.2 Å². The molecule has 0 aromatic carbocycles. The molecule has 0 aromatic rings. The van der Waals surface area contributed by atoms with Gasteiger partial charge in [-0.05, 0) is 26.2 Å². The summed E-state index contributed by atoms with van der Waals surface area (Å²) < 4.78 is 1.28. The van der Waals surface area contributed by atoms with Gasteiger partial charge in [-0.3, -0.25) is 0 Å². The number of nitrogens with zero attached hydrogens (tertiary/aromatic N) is 1. The minimum atomic E-state index is 1.09. The van der Waals surface area contributed by atoms with Gasteiger partial charge in [0.2, 0.25) is 0 Å². The molecule has 1 aliphatic rings. The largest absolute Gasteiger partial charge is 0.324 e. The number of hydrogen-bond donors (Lipinski definition) is 0. The molecule has 0 spiro atoms. The average molecular weight is 141 g/mol. The van der Waals surface area contributed by atoms with E-state index in [4.69, 9.17) is 0 Å². The maximum absolute atomic E-state index is 4.02. The van der Waals surface area contributed by atoms with Gasteiger partial charge >= 0.3 is 0 Å². The third kappa shape index (κ3) is 1.51. The Morgan fingerprint density at radius 3 is 2.10 bits per heavy atom. The van der Waals surface area contributed by atoms with Crippen molar-refractivity contribution >= 4 is 0 Å². The molecule has 0 saturated carbocycles. The van der Waals surface area contributed by atoms with E-state index in [0.717, 1.165) is 6.54 Å². The first kappa shape index (κ1) is 8.06. The van der Waals surface area contributed by atoms with Crippen LogP contribution in [-0.2, 0) is 0 Å². The van der Waals surface area contributed by atoms with Crippen molar-refractivity contribution in [1.82, 2.24) is 0 Å². The van der Waals surface area contributed by atoms with E-state index in [9.17, 15) is 0 Å². The minimum absolute atomic E-state index is 1.09. The van der Waals surface area contributed by atoms with Gasteiger partial charge in [-0.15, -0.1) is 0 Å². The number of rotatable bonds is 2. The van der Waals surface area contributed by atoms with E-state index >= 15 is 0 Å². The molecule has 1 nitrogen and oxygen atoms in total. The van der Waals surface area contributed by atoms with Gasteiger partial charge in [0, 0.05) is 6.92 Å². The van der Waals surface area contributed by atoms with Crippen LogP contribution in [0.4, 0.5) is 0 Å². The van der Waals surface area contributed by atoms with Crippen molar-refractivity contribution in [1.29, 1.82) is 0 Å². The summed E-state index contributed by atoms with van der Waals surface area (Å²) in [5.41, 5.74) is 0. The molecule has 0 aliphatic carbocycles.